The minimum absolute atomic E-state index is 0.319. The van der Waals surface area contributed by atoms with Crippen molar-refractivity contribution < 1.29 is 4.79 Å². The van der Waals surface area contributed by atoms with Crippen LogP contribution in [0, 0.1) is 5.92 Å². The number of fused-ring (bicyclic) bond motifs is 1. The maximum absolute atomic E-state index is 11.2. The number of carbonyl (C=O) groups is 1. The minimum atomic E-state index is 0.319. The molecule has 1 heterocycles. The van der Waals surface area contributed by atoms with Crippen LogP contribution in [0.5, 0.6) is 0 Å². The van der Waals surface area contributed by atoms with E-state index in [9.17, 15) is 4.79 Å². The van der Waals surface area contributed by atoms with E-state index in [4.69, 9.17) is 0 Å². The molecule has 0 saturated carbocycles. The second kappa shape index (κ2) is 3.87. The van der Waals surface area contributed by atoms with E-state index in [1.807, 2.05) is 12.1 Å². The van der Waals surface area contributed by atoms with Crippen molar-refractivity contribution in [1.29, 1.82) is 0 Å². The fourth-order valence-electron chi connectivity index (χ4n) is 2.71. The Morgan fingerprint density at radius 3 is 2.81 bits per heavy atom. The van der Waals surface area contributed by atoms with E-state index in [1.54, 1.807) is 0 Å². The van der Waals surface area contributed by atoms with Gasteiger partial charge >= 0.3 is 0 Å². The van der Waals surface area contributed by atoms with Crippen molar-refractivity contribution in [3.8, 4) is 0 Å². The molecule has 1 saturated heterocycles. The first-order valence-corrected chi connectivity index (χ1v) is 5.81. The maximum atomic E-state index is 11.2. The summed E-state index contributed by atoms with van der Waals surface area (Å²) in [6, 6.07) is 10.5. The van der Waals surface area contributed by atoms with Gasteiger partial charge in [-0.25, -0.2) is 0 Å². The van der Waals surface area contributed by atoms with Crippen LogP contribution >= 0.6 is 0 Å². The Hall–Kier alpha value is -1.41. The minimum Gasteiger partial charge on any atom is -0.295 e. The van der Waals surface area contributed by atoms with Gasteiger partial charge in [-0.05, 0) is 17.2 Å². The Morgan fingerprint density at radius 1 is 1.25 bits per heavy atom. The van der Waals surface area contributed by atoms with Gasteiger partial charge in [-0.3, -0.25) is 9.69 Å². The van der Waals surface area contributed by atoms with Gasteiger partial charge < -0.3 is 0 Å². The first-order valence-electron chi connectivity index (χ1n) is 5.81. The molecular formula is C14H15NO. The van der Waals surface area contributed by atoms with E-state index < -0.39 is 0 Å². The molecule has 0 radical (unpaired) electrons. The lowest BCUT2D eigenvalue weighted by Crippen LogP contribution is -2.20. The summed E-state index contributed by atoms with van der Waals surface area (Å²) in [6.07, 6.45) is 2.59. The zero-order chi connectivity index (χ0) is 11.0. The zero-order valence-electron chi connectivity index (χ0n) is 9.23. The van der Waals surface area contributed by atoms with Crippen LogP contribution in [0.15, 0.2) is 42.0 Å². The monoisotopic (exact) mass is 213 g/mol. The van der Waals surface area contributed by atoms with Crippen LogP contribution in [0.25, 0.3) is 0 Å². The molecule has 1 atom stereocenters. The summed E-state index contributed by atoms with van der Waals surface area (Å²) < 4.78 is 0. The molecule has 1 aliphatic heterocycles. The van der Waals surface area contributed by atoms with E-state index >= 15 is 0 Å². The summed E-state index contributed by atoms with van der Waals surface area (Å²) in [5, 5.41) is 0. The van der Waals surface area contributed by atoms with Gasteiger partial charge in [0.05, 0.1) is 0 Å². The Labute approximate surface area is 95.6 Å². The molecule has 0 spiro atoms. The van der Waals surface area contributed by atoms with E-state index in [-0.39, 0.29) is 0 Å². The number of benzene rings is 1. The molecule has 3 rings (SSSR count). The lowest BCUT2D eigenvalue weighted by atomic mass is 10.1. The summed E-state index contributed by atoms with van der Waals surface area (Å²) in [6.45, 7) is 3.03. The van der Waals surface area contributed by atoms with Crippen LogP contribution in [0.1, 0.15) is 12.0 Å². The predicted octanol–water partition coefficient (Wildman–Crippen LogP) is 2.02. The van der Waals surface area contributed by atoms with Gasteiger partial charge in [0.15, 0.2) is 5.78 Å². The van der Waals surface area contributed by atoms with Gasteiger partial charge in [-0.2, -0.15) is 0 Å². The molecule has 1 aromatic rings. The molecule has 1 aliphatic carbocycles. The number of ketones is 1. The molecule has 2 nitrogen and oxygen atoms in total. The smallest absolute Gasteiger partial charge is 0.156 e. The largest absolute Gasteiger partial charge is 0.295 e. The van der Waals surface area contributed by atoms with Gasteiger partial charge in [-0.1, -0.05) is 30.3 Å². The fourth-order valence-corrected chi connectivity index (χ4v) is 2.71. The standard InChI is InChI=1S/C14H15NO/c16-14-6-12-9-15(10-13(12)7-14)8-11-4-2-1-3-5-11/h1-6,13H,7-10H2/t13-/m0/s1. The average Bonchev–Trinajstić information content (AvgIpc) is 2.76. The molecule has 2 heteroatoms. The lowest BCUT2D eigenvalue weighted by Gasteiger charge is -2.15. The number of carbonyl (C=O) groups excluding carboxylic acids is 1. The summed E-state index contributed by atoms with van der Waals surface area (Å²) in [4.78, 5) is 13.7. The highest BCUT2D eigenvalue weighted by Gasteiger charge is 2.33. The van der Waals surface area contributed by atoms with E-state index in [0.29, 0.717) is 11.7 Å². The van der Waals surface area contributed by atoms with Gasteiger partial charge in [0.25, 0.3) is 0 Å². The highest BCUT2D eigenvalue weighted by atomic mass is 16.1. The van der Waals surface area contributed by atoms with Crippen molar-refractivity contribution in [2.45, 2.75) is 13.0 Å². The van der Waals surface area contributed by atoms with Crippen molar-refractivity contribution in [1.82, 2.24) is 4.90 Å². The van der Waals surface area contributed by atoms with E-state index in [0.717, 1.165) is 26.1 Å². The molecule has 1 aromatic carbocycles. The summed E-state index contributed by atoms with van der Waals surface area (Å²) in [7, 11) is 0. The van der Waals surface area contributed by atoms with Gasteiger partial charge in [0, 0.05) is 32.0 Å². The molecule has 2 aliphatic rings. The Kier molecular flexibility index (Phi) is 2.37. The third-order valence-electron chi connectivity index (χ3n) is 3.45. The third-order valence-corrected chi connectivity index (χ3v) is 3.45. The first-order chi connectivity index (χ1) is 7.81. The first kappa shape index (κ1) is 9.79. The highest BCUT2D eigenvalue weighted by Crippen LogP contribution is 2.31. The zero-order valence-corrected chi connectivity index (χ0v) is 9.23. The molecule has 1 fully saturated rings. The quantitative estimate of drug-likeness (QED) is 0.749. The topological polar surface area (TPSA) is 20.3 Å². The molecular weight excluding hydrogens is 198 g/mol. The number of hydrogen-bond acceptors (Lipinski definition) is 2. The molecule has 0 amide bonds. The molecule has 82 valence electrons. The van der Waals surface area contributed by atoms with Crippen molar-refractivity contribution in [2.75, 3.05) is 13.1 Å². The second-order valence-corrected chi connectivity index (χ2v) is 4.74. The van der Waals surface area contributed by atoms with Crippen molar-refractivity contribution in [2.24, 2.45) is 5.92 Å². The fraction of sp³-hybridized carbons (Fsp3) is 0.357. The molecule has 16 heavy (non-hydrogen) atoms. The normalized spacial score (nSPS) is 24.6. The number of rotatable bonds is 2. The van der Waals surface area contributed by atoms with Crippen LogP contribution < -0.4 is 0 Å². The average molecular weight is 213 g/mol. The van der Waals surface area contributed by atoms with Crippen LogP contribution in [0.4, 0.5) is 0 Å². The van der Waals surface area contributed by atoms with Gasteiger partial charge in [-0.15, -0.1) is 0 Å². The molecule has 0 aromatic heterocycles. The SMILES string of the molecule is O=C1C=C2CN(Cc3ccccc3)C[C@@H]2C1. The third kappa shape index (κ3) is 1.81. The highest BCUT2D eigenvalue weighted by molar-refractivity contribution is 5.93. The molecule has 0 unspecified atom stereocenters. The Morgan fingerprint density at radius 2 is 2.06 bits per heavy atom. The summed E-state index contributed by atoms with van der Waals surface area (Å²) in [5.74, 6) is 0.829. The number of likely N-dealkylation sites (tertiary alicyclic amines) is 1. The van der Waals surface area contributed by atoms with Crippen molar-refractivity contribution in [3.05, 3.63) is 47.5 Å². The Balaban J connectivity index is 1.68. The van der Waals surface area contributed by atoms with Gasteiger partial charge in [0.2, 0.25) is 0 Å². The van der Waals surface area contributed by atoms with Crippen molar-refractivity contribution >= 4 is 5.78 Å². The van der Waals surface area contributed by atoms with E-state index in [2.05, 4.69) is 29.2 Å². The number of hydrogen-bond donors (Lipinski definition) is 0. The summed E-state index contributed by atoms with van der Waals surface area (Å²) in [5.41, 5.74) is 2.70. The maximum Gasteiger partial charge on any atom is 0.156 e. The lowest BCUT2D eigenvalue weighted by molar-refractivity contribution is -0.114. The number of nitrogens with zero attached hydrogens (tertiary/aromatic N) is 1. The van der Waals surface area contributed by atoms with Crippen molar-refractivity contribution in [3.63, 3.8) is 0 Å². The van der Waals surface area contributed by atoms with Crippen LogP contribution in [-0.2, 0) is 11.3 Å². The van der Waals surface area contributed by atoms with Gasteiger partial charge in [0.1, 0.15) is 0 Å². The van der Waals surface area contributed by atoms with E-state index in [1.165, 1.54) is 11.1 Å². The second-order valence-electron chi connectivity index (χ2n) is 4.74. The predicted molar refractivity (Wildman–Crippen MR) is 62.9 cm³/mol. The summed E-state index contributed by atoms with van der Waals surface area (Å²) >= 11 is 0. The van der Waals surface area contributed by atoms with Crippen LogP contribution in [-0.4, -0.2) is 23.8 Å². The van der Waals surface area contributed by atoms with Crippen LogP contribution in [0.2, 0.25) is 0 Å². The van der Waals surface area contributed by atoms with Crippen LogP contribution in [0.3, 0.4) is 0 Å². The Bertz CT molecular complexity index is 435. The molecule has 0 N–H and O–H groups in total. The number of allylic oxidation sites excluding steroid dienone is 1. The molecule has 0 bridgehead atoms.